The van der Waals surface area contributed by atoms with Gasteiger partial charge in [-0.3, -0.25) is 4.79 Å². The van der Waals surface area contributed by atoms with Crippen LogP contribution in [0.3, 0.4) is 0 Å². The molecule has 3 N–H and O–H groups in total. The van der Waals surface area contributed by atoms with E-state index in [1.807, 2.05) is 66.7 Å². The molecule has 0 saturated heterocycles. The number of thioether (sulfide) groups is 1. The lowest BCUT2D eigenvalue weighted by Crippen LogP contribution is -2.12. The van der Waals surface area contributed by atoms with Gasteiger partial charge in [-0.2, -0.15) is 5.10 Å². The van der Waals surface area contributed by atoms with Gasteiger partial charge in [-0.05, 0) is 64.1 Å². The summed E-state index contributed by atoms with van der Waals surface area (Å²) in [4.78, 5) is 12.9. The third-order valence-corrected chi connectivity index (χ3v) is 5.46. The van der Waals surface area contributed by atoms with Crippen molar-refractivity contribution in [2.24, 2.45) is 10.9 Å². The van der Waals surface area contributed by atoms with Crippen LogP contribution in [-0.4, -0.2) is 17.9 Å². The molecule has 0 atom stereocenters. The second kappa shape index (κ2) is 10.2. The number of nitrogens with one attached hydrogen (secondary N) is 1. The van der Waals surface area contributed by atoms with E-state index < -0.39 is 0 Å². The van der Waals surface area contributed by atoms with E-state index >= 15 is 0 Å². The summed E-state index contributed by atoms with van der Waals surface area (Å²) in [6.07, 6.45) is 3.34. The average molecular weight is 452 g/mol. The van der Waals surface area contributed by atoms with E-state index in [0.717, 1.165) is 44.0 Å². The minimum absolute atomic E-state index is 0. The summed E-state index contributed by atoms with van der Waals surface area (Å²) < 4.78 is 5.70. The number of amides is 1. The highest BCUT2D eigenvalue weighted by Crippen LogP contribution is 2.34. The van der Waals surface area contributed by atoms with Gasteiger partial charge >= 0.3 is 0 Å². The largest absolute Gasteiger partial charge is 0.457 e. The van der Waals surface area contributed by atoms with E-state index in [1.54, 1.807) is 24.2 Å². The fourth-order valence-electron chi connectivity index (χ4n) is 3.31. The van der Waals surface area contributed by atoms with Crippen LogP contribution in [-0.2, 0) is 0 Å². The molecule has 1 heterocycles. The van der Waals surface area contributed by atoms with Gasteiger partial charge in [-0.15, -0.1) is 12.4 Å². The maximum absolute atomic E-state index is 12.9. The molecule has 0 aliphatic carbocycles. The van der Waals surface area contributed by atoms with Crippen molar-refractivity contribution < 1.29 is 9.21 Å². The van der Waals surface area contributed by atoms with Crippen LogP contribution in [0.4, 0.5) is 5.69 Å². The zero-order valence-electron chi connectivity index (χ0n) is 16.9. The van der Waals surface area contributed by atoms with E-state index in [4.69, 9.17) is 10.3 Å². The number of carbonyl (C=O) groups excluding carboxylic acids is 1. The van der Waals surface area contributed by atoms with Crippen LogP contribution in [0.5, 0.6) is 0 Å². The first-order valence-electron chi connectivity index (χ1n) is 9.57. The third kappa shape index (κ3) is 5.10. The number of fused-ring (bicyclic) bond motifs is 1. The molecule has 0 saturated carbocycles. The molecule has 3 aromatic carbocycles. The summed E-state index contributed by atoms with van der Waals surface area (Å²) >= 11 is 1.64. The summed E-state index contributed by atoms with van der Waals surface area (Å²) in [6, 6.07) is 21.1. The quantitative estimate of drug-likeness (QED) is 0.159. The number of carbonyl (C=O) groups is 1. The molecule has 0 aliphatic rings. The molecular formula is C24H22ClN3O2S. The Morgan fingerprint density at radius 2 is 1.94 bits per heavy atom. The van der Waals surface area contributed by atoms with Crippen LogP contribution < -0.4 is 11.2 Å². The minimum atomic E-state index is -0.163. The van der Waals surface area contributed by atoms with Crippen LogP contribution >= 0.6 is 24.2 Å². The highest BCUT2D eigenvalue weighted by molar-refractivity contribution is 7.99. The van der Waals surface area contributed by atoms with Crippen molar-refractivity contribution in [2.45, 2.75) is 12.0 Å². The van der Waals surface area contributed by atoms with Crippen LogP contribution in [0.25, 0.3) is 21.9 Å². The summed E-state index contributed by atoms with van der Waals surface area (Å²) in [7, 11) is 0. The maximum Gasteiger partial charge on any atom is 0.255 e. The van der Waals surface area contributed by atoms with Crippen molar-refractivity contribution in [3.05, 3.63) is 84.1 Å². The Morgan fingerprint density at radius 3 is 2.68 bits per heavy atom. The van der Waals surface area contributed by atoms with Gasteiger partial charge in [0, 0.05) is 16.8 Å². The molecule has 4 rings (SSSR count). The SMILES string of the molecule is CCSc1cc(-c2cc(C(=O)Nc3ccccc3)cc3ccc(C=NN)cc23)co1.Cl. The number of rotatable bonds is 6. The lowest BCUT2D eigenvalue weighted by atomic mass is 9.95. The smallest absolute Gasteiger partial charge is 0.255 e. The minimum Gasteiger partial charge on any atom is -0.457 e. The van der Waals surface area contributed by atoms with E-state index in [2.05, 4.69) is 17.3 Å². The first-order valence-corrected chi connectivity index (χ1v) is 10.6. The number of hydrogen-bond acceptors (Lipinski definition) is 5. The first kappa shape index (κ1) is 22.5. The predicted octanol–water partition coefficient (Wildman–Crippen LogP) is 6.18. The van der Waals surface area contributed by atoms with E-state index in [1.165, 1.54) is 0 Å². The molecule has 0 aliphatic heterocycles. The predicted molar refractivity (Wildman–Crippen MR) is 131 cm³/mol. The Bertz CT molecular complexity index is 1220. The zero-order chi connectivity index (χ0) is 20.9. The average Bonchev–Trinajstić information content (AvgIpc) is 3.22. The number of nitrogens with two attached hydrogens (primary N) is 1. The molecule has 1 amide bonds. The van der Waals surface area contributed by atoms with Crippen molar-refractivity contribution in [1.82, 2.24) is 0 Å². The van der Waals surface area contributed by atoms with Gasteiger partial charge in [0.15, 0.2) is 5.09 Å². The van der Waals surface area contributed by atoms with Crippen LogP contribution in [0.2, 0.25) is 0 Å². The topological polar surface area (TPSA) is 80.6 Å². The molecule has 0 unspecified atom stereocenters. The van der Waals surface area contributed by atoms with Crippen LogP contribution in [0.1, 0.15) is 22.8 Å². The summed E-state index contributed by atoms with van der Waals surface area (Å²) in [6.45, 7) is 2.08. The van der Waals surface area contributed by atoms with Crippen LogP contribution in [0, 0.1) is 0 Å². The Hall–Kier alpha value is -3.22. The second-order valence-corrected chi connectivity index (χ2v) is 7.96. The number of nitrogens with zero attached hydrogens (tertiary/aromatic N) is 1. The molecule has 0 radical (unpaired) electrons. The number of anilines is 1. The normalized spacial score (nSPS) is 10.9. The molecule has 0 bridgehead atoms. The number of benzene rings is 3. The molecule has 7 heteroatoms. The van der Waals surface area contributed by atoms with Gasteiger partial charge < -0.3 is 15.6 Å². The first-order chi connectivity index (χ1) is 14.7. The van der Waals surface area contributed by atoms with Crippen molar-refractivity contribution in [3.8, 4) is 11.1 Å². The molecule has 1 aromatic heterocycles. The van der Waals surface area contributed by atoms with E-state index in [-0.39, 0.29) is 18.3 Å². The maximum atomic E-state index is 12.9. The van der Waals surface area contributed by atoms with Gasteiger partial charge in [-0.25, -0.2) is 0 Å². The van der Waals surface area contributed by atoms with Crippen molar-refractivity contribution in [2.75, 3.05) is 11.1 Å². The Labute approximate surface area is 191 Å². The second-order valence-electron chi connectivity index (χ2n) is 6.69. The highest BCUT2D eigenvalue weighted by atomic mass is 35.5. The zero-order valence-corrected chi connectivity index (χ0v) is 18.5. The summed E-state index contributed by atoms with van der Waals surface area (Å²) in [5, 5.41) is 9.37. The third-order valence-electron chi connectivity index (χ3n) is 4.67. The van der Waals surface area contributed by atoms with Gasteiger partial charge in [0.25, 0.3) is 5.91 Å². The summed E-state index contributed by atoms with van der Waals surface area (Å²) in [5.41, 5.74) is 4.06. The number of hydrogen-bond donors (Lipinski definition) is 2. The molecular weight excluding hydrogens is 430 g/mol. The van der Waals surface area contributed by atoms with Gasteiger partial charge in [-0.1, -0.05) is 49.0 Å². The number of halogens is 1. The lowest BCUT2D eigenvalue weighted by Gasteiger charge is -2.11. The van der Waals surface area contributed by atoms with Gasteiger partial charge in [0.1, 0.15) is 0 Å². The number of hydrazone groups is 1. The standard InChI is InChI=1S/C24H21N3O2S.ClH/c1-2-30-23-13-19(15-29-23)22-12-18(24(28)27-20-6-4-3-5-7-20)11-17-9-8-16(14-26-25)10-21(17)22;/h3-15H,2,25H2,1H3,(H,27,28);1H. The monoisotopic (exact) mass is 451 g/mol. The van der Waals surface area contributed by atoms with Crippen molar-refractivity contribution in [3.63, 3.8) is 0 Å². The number of furan rings is 1. The highest BCUT2D eigenvalue weighted by Gasteiger charge is 2.14. The Morgan fingerprint density at radius 1 is 1.13 bits per heavy atom. The van der Waals surface area contributed by atoms with Gasteiger partial charge in [0.2, 0.25) is 0 Å². The van der Waals surface area contributed by atoms with Gasteiger partial charge in [0.05, 0.1) is 12.5 Å². The van der Waals surface area contributed by atoms with E-state index in [9.17, 15) is 4.79 Å². The number of para-hydroxylation sites is 1. The molecule has 0 fully saturated rings. The summed E-state index contributed by atoms with van der Waals surface area (Å²) in [5.74, 6) is 6.08. The molecule has 31 heavy (non-hydrogen) atoms. The Balaban J connectivity index is 0.00000272. The molecule has 158 valence electrons. The molecule has 5 nitrogen and oxygen atoms in total. The fraction of sp³-hybridized carbons (Fsp3) is 0.0833. The van der Waals surface area contributed by atoms with E-state index in [0.29, 0.717) is 5.56 Å². The molecule has 0 spiro atoms. The van der Waals surface area contributed by atoms with Crippen molar-refractivity contribution in [1.29, 1.82) is 0 Å². The van der Waals surface area contributed by atoms with Crippen LogP contribution in [0.15, 0.2) is 87.6 Å². The van der Waals surface area contributed by atoms with Crippen molar-refractivity contribution >= 4 is 52.8 Å². The fourth-order valence-corrected chi connectivity index (χ4v) is 3.92. The lowest BCUT2D eigenvalue weighted by molar-refractivity contribution is 0.102. The molecule has 4 aromatic rings. The Kier molecular flexibility index (Phi) is 7.39.